The van der Waals surface area contributed by atoms with Gasteiger partial charge in [0.1, 0.15) is 23.9 Å². The Morgan fingerprint density at radius 2 is 1.92 bits per heavy atom. The number of ether oxygens (including phenoxy) is 1. The van der Waals surface area contributed by atoms with Gasteiger partial charge in [-0.2, -0.15) is 17.6 Å². The van der Waals surface area contributed by atoms with E-state index in [1.54, 1.807) is 48.7 Å². The molecule has 2 aromatic carbocycles. The largest absolute Gasteiger partial charge is 0.461 e. The summed E-state index contributed by atoms with van der Waals surface area (Å²) in [5.41, 5.74) is 1.91. The molecule has 0 unspecified atom stereocenters. The van der Waals surface area contributed by atoms with Crippen molar-refractivity contribution in [3.05, 3.63) is 93.3 Å². The smallest absolute Gasteiger partial charge is 0.428 e. The highest BCUT2D eigenvalue weighted by Gasteiger charge is 2.45. The zero-order chi connectivity index (χ0) is 27.3. The molecule has 1 aliphatic heterocycles. The minimum absolute atomic E-state index is 0.0803. The normalized spacial score (nSPS) is 17.0. The third kappa shape index (κ3) is 6.32. The molecule has 38 heavy (non-hydrogen) atoms. The first-order valence-electron chi connectivity index (χ1n) is 11.2. The molecule has 1 fully saturated rings. The minimum atomic E-state index is -4.73. The van der Waals surface area contributed by atoms with Crippen LogP contribution >= 0.6 is 22.6 Å². The van der Waals surface area contributed by atoms with E-state index in [-0.39, 0.29) is 18.6 Å². The molecule has 4 rings (SSSR count). The molecular weight excluding hydrogens is 623 g/mol. The molecule has 1 aromatic heterocycles. The van der Waals surface area contributed by atoms with Gasteiger partial charge in [-0.15, -0.1) is 0 Å². The van der Waals surface area contributed by atoms with Gasteiger partial charge in [0.15, 0.2) is 0 Å². The molecule has 2 atom stereocenters. The summed E-state index contributed by atoms with van der Waals surface area (Å²) >= 11 is 2.05. The zero-order valence-corrected chi connectivity index (χ0v) is 21.6. The summed E-state index contributed by atoms with van der Waals surface area (Å²) in [7, 11) is 0. The first-order chi connectivity index (χ1) is 18.1. The Labute approximate surface area is 228 Å². The van der Waals surface area contributed by atoms with Gasteiger partial charge in [0.25, 0.3) is 5.91 Å². The molecule has 0 bridgehead atoms. The molecule has 0 saturated carbocycles. The summed E-state index contributed by atoms with van der Waals surface area (Å²) in [4.78, 5) is 34.5. The van der Waals surface area contributed by atoms with Crippen molar-refractivity contribution in [2.45, 2.75) is 30.5 Å². The van der Waals surface area contributed by atoms with Crippen LogP contribution in [-0.2, 0) is 21.6 Å². The Hall–Kier alpha value is -3.46. The van der Waals surface area contributed by atoms with Crippen molar-refractivity contribution in [3.63, 3.8) is 0 Å². The number of hydrogen-bond donors (Lipinski definition) is 3. The predicted octanol–water partition coefficient (Wildman–Crippen LogP) is 4.14. The standard InChI is InChI=1S/C25H21F4IN4O4/c26-22(27)25(28,29)38-18-8-4-7-16(11-18)24(12-15-5-2-1-3-6-15,20-10-9-17(30)13-31-20)33-23(36)32-19-14-37-34-21(19)35/h1-11,13,19,22H,12,14H2,(H,34,35)(H2,32,33,36)/t19-,24+/m1/s1. The first-order valence-corrected chi connectivity index (χ1v) is 12.3. The summed E-state index contributed by atoms with van der Waals surface area (Å²) in [6, 6.07) is 15.7. The number of hydrogen-bond acceptors (Lipinski definition) is 5. The molecule has 3 aromatic rings. The molecule has 1 aliphatic rings. The van der Waals surface area contributed by atoms with Crippen molar-refractivity contribution in [1.82, 2.24) is 21.1 Å². The second kappa shape index (κ2) is 11.5. The number of alkyl halides is 4. The topological polar surface area (TPSA) is 102 Å². The van der Waals surface area contributed by atoms with Gasteiger partial charge in [0.2, 0.25) is 0 Å². The molecular formula is C25H21F4IN4O4. The number of carbonyl (C=O) groups excluding carboxylic acids is 2. The first kappa shape index (κ1) is 27.6. The van der Waals surface area contributed by atoms with Crippen LogP contribution in [-0.4, -0.2) is 42.1 Å². The lowest BCUT2D eigenvalue weighted by molar-refractivity contribution is -0.253. The van der Waals surface area contributed by atoms with E-state index >= 15 is 0 Å². The number of pyridine rings is 1. The van der Waals surface area contributed by atoms with Crippen LogP contribution in [0.5, 0.6) is 5.75 Å². The fourth-order valence-electron chi connectivity index (χ4n) is 3.92. The Morgan fingerprint density at radius 3 is 2.55 bits per heavy atom. The lowest BCUT2D eigenvalue weighted by atomic mass is 9.80. The van der Waals surface area contributed by atoms with E-state index in [4.69, 9.17) is 4.84 Å². The zero-order valence-electron chi connectivity index (χ0n) is 19.5. The molecule has 13 heteroatoms. The van der Waals surface area contributed by atoms with E-state index in [0.717, 1.165) is 21.3 Å². The van der Waals surface area contributed by atoms with Gasteiger partial charge in [0, 0.05) is 16.2 Å². The van der Waals surface area contributed by atoms with E-state index in [1.807, 2.05) is 0 Å². The van der Waals surface area contributed by atoms with Crippen LogP contribution in [0.4, 0.5) is 22.4 Å². The van der Waals surface area contributed by atoms with Gasteiger partial charge in [-0.25, -0.2) is 10.3 Å². The van der Waals surface area contributed by atoms with Gasteiger partial charge in [-0.3, -0.25) is 14.6 Å². The van der Waals surface area contributed by atoms with Crippen molar-refractivity contribution in [3.8, 4) is 5.75 Å². The van der Waals surface area contributed by atoms with Crippen LogP contribution in [0.2, 0.25) is 0 Å². The molecule has 8 nitrogen and oxygen atoms in total. The summed E-state index contributed by atoms with van der Waals surface area (Å²) in [5, 5.41) is 5.37. The average Bonchev–Trinajstić information content (AvgIpc) is 3.28. The number of rotatable bonds is 9. The number of urea groups is 1. The number of nitrogens with zero attached hydrogens (tertiary/aromatic N) is 1. The molecule has 0 aliphatic carbocycles. The van der Waals surface area contributed by atoms with Crippen molar-refractivity contribution in [1.29, 1.82) is 0 Å². The molecule has 0 radical (unpaired) electrons. The summed E-state index contributed by atoms with van der Waals surface area (Å²) in [5.74, 6) is -1.09. The van der Waals surface area contributed by atoms with Gasteiger partial charge in [-0.05, 0) is 58.0 Å². The van der Waals surface area contributed by atoms with Crippen LogP contribution in [0.1, 0.15) is 16.8 Å². The Balaban J connectivity index is 1.82. The molecule has 3 N–H and O–H groups in total. The third-order valence-electron chi connectivity index (χ3n) is 5.68. The maximum atomic E-state index is 13.7. The van der Waals surface area contributed by atoms with E-state index in [1.165, 1.54) is 12.1 Å². The molecule has 200 valence electrons. The Bertz CT molecular complexity index is 1280. The predicted molar refractivity (Wildman–Crippen MR) is 135 cm³/mol. The number of amides is 3. The van der Waals surface area contributed by atoms with Crippen molar-refractivity contribution in [2.75, 3.05) is 6.61 Å². The number of aromatic nitrogens is 1. The number of benzene rings is 2. The van der Waals surface area contributed by atoms with E-state index in [9.17, 15) is 27.2 Å². The van der Waals surface area contributed by atoms with Crippen molar-refractivity contribution < 1.29 is 36.7 Å². The van der Waals surface area contributed by atoms with Gasteiger partial charge < -0.3 is 15.4 Å². The van der Waals surface area contributed by atoms with Crippen LogP contribution in [0.25, 0.3) is 0 Å². The fraction of sp³-hybridized carbons (Fsp3) is 0.240. The number of halogens is 5. The highest BCUT2D eigenvalue weighted by atomic mass is 127. The minimum Gasteiger partial charge on any atom is -0.428 e. The van der Waals surface area contributed by atoms with Gasteiger partial charge in [0.05, 0.1) is 5.69 Å². The third-order valence-corrected chi connectivity index (χ3v) is 6.32. The second-order valence-electron chi connectivity index (χ2n) is 8.35. The van der Waals surface area contributed by atoms with Gasteiger partial charge >= 0.3 is 18.6 Å². The monoisotopic (exact) mass is 644 g/mol. The van der Waals surface area contributed by atoms with Crippen molar-refractivity contribution >= 4 is 34.5 Å². The van der Waals surface area contributed by atoms with Gasteiger partial charge in [-0.1, -0.05) is 42.5 Å². The summed E-state index contributed by atoms with van der Waals surface area (Å²) < 4.78 is 58.2. The highest BCUT2D eigenvalue weighted by molar-refractivity contribution is 14.1. The lowest BCUT2D eigenvalue weighted by Crippen LogP contribution is -2.55. The van der Waals surface area contributed by atoms with E-state index in [0.29, 0.717) is 5.69 Å². The second-order valence-corrected chi connectivity index (χ2v) is 9.60. The van der Waals surface area contributed by atoms with E-state index < -0.39 is 41.8 Å². The highest BCUT2D eigenvalue weighted by Crippen LogP contribution is 2.36. The van der Waals surface area contributed by atoms with Crippen LogP contribution in [0, 0.1) is 3.57 Å². The maximum Gasteiger partial charge on any atom is 0.461 e. The molecule has 3 amide bonds. The van der Waals surface area contributed by atoms with Crippen LogP contribution < -0.4 is 20.9 Å². The summed E-state index contributed by atoms with van der Waals surface area (Å²) in [6.07, 6.45) is -7.15. The van der Waals surface area contributed by atoms with Crippen molar-refractivity contribution in [2.24, 2.45) is 0 Å². The number of hydroxylamine groups is 1. The Morgan fingerprint density at radius 1 is 1.16 bits per heavy atom. The number of nitrogens with one attached hydrogen (secondary N) is 3. The lowest BCUT2D eigenvalue weighted by Gasteiger charge is -2.36. The van der Waals surface area contributed by atoms with E-state index in [2.05, 4.69) is 48.4 Å². The summed E-state index contributed by atoms with van der Waals surface area (Å²) in [6.45, 7) is -0.105. The molecule has 0 spiro atoms. The van der Waals surface area contributed by atoms with Crippen LogP contribution in [0.3, 0.4) is 0 Å². The maximum absolute atomic E-state index is 13.7. The van der Waals surface area contributed by atoms with Crippen LogP contribution in [0.15, 0.2) is 72.9 Å². The Kier molecular flexibility index (Phi) is 8.35. The molecule has 2 heterocycles. The molecule has 1 saturated heterocycles. The SMILES string of the molecule is O=C(N[C@@H]1CONC1=O)N[C@@](Cc1ccccc1)(c1cccc(OC(F)(F)C(F)F)c1)c1ccc(I)cn1. The fourth-order valence-corrected chi connectivity index (χ4v) is 4.24. The quantitative estimate of drug-likeness (QED) is 0.240. The number of carbonyl (C=O) groups is 2. The average molecular weight is 644 g/mol.